The number of rotatable bonds is 8. The molecule has 0 amide bonds. The second-order valence-electron chi connectivity index (χ2n) is 14.0. The van der Waals surface area contributed by atoms with Crippen molar-refractivity contribution in [2.24, 2.45) is 0 Å². The molecule has 10 heteroatoms. The standard InChI is InChI=1S/C37H42ClN5O3S/c1-6-43-28-15-14-26(39-32(28)31(41-43)23-16-18-42(19-17-23)25-8-7-9-25)35-40-27-20-21(2)29(33(36(44)45)46-37(3,4)5)30(34(27)47-35)22-10-12-24(38)13-11-22/h10-15,20,23,25,33H,6-9,16-19H2,1-5H3,(H,44,45)/t33-/m0/s1. The van der Waals surface area contributed by atoms with Crippen molar-refractivity contribution in [2.45, 2.75) is 96.9 Å². The molecule has 1 saturated heterocycles. The van der Waals surface area contributed by atoms with Crippen molar-refractivity contribution in [3.63, 3.8) is 0 Å². The van der Waals surface area contributed by atoms with Crippen LogP contribution in [0.4, 0.5) is 0 Å². The van der Waals surface area contributed by atoms with Crippen LogP contribution in [-0.4, -0.2) is 60.5 Å². The highest BCUT2D eigenvalue weighted by molar-refractivity contribution is 7.22. The lowest BCUT2D eigenvalue weighted by Gasteiger charge is -2.41. The van der Waals surface area contributed by atoms with E-state index in [0.717, 1.165) is 92.9 Å². The van der Waals surface area contributed by atoms with E-state index in [4.69, 9.17) is 31.4 Å². The quantitative estimate of drug-likeness (QED) is 0.176. The number of halogens is 1. The minimum absolute atomic E-state index is 0.386. The Morgan fingerprint density at radius 3 is 2.43 bits per heavy atom. The molecule has 2 fully saturated rings. The Morgan fingerprint density at radius 1 is 1.09 bits per heavy atom. The van der Waals surface area contributed by atoms with Crippen molar-refractivity contribution in [3.05, 3.63) is 64.3 Å². The molecule has 2 aromatic carbocycles. The summed E-state index contributed by atoms with van der Waals surface area (Å²) in [5.74, 6) is -0.648. The van der Waals surface area contributed by atoms with Gasteiger partial charge in [-0.25, -0.2) is 14.8 Å². The van der Waals surface area contributed by atoms with Gasteiger partial charge in [-0.2, -0.15) is 5.10 Å². The SMILES string of the molecule is CCn1nc(C2CCN(C3CCC3)CC2)c2nc(-c3nc4cc(C)c([C@H](OC(C)(C)C)C(=O)O)c(-c5ccc(Cl)cc5)c4s3)ccc21. The average molecular weight is 672 g/mol. The number of carboxylic acids is 1. The van der Waals surface area contributed by atoms with Gasteiger partial charge in [-0.3, -0.25) is 4.68 Å². The first-order valence-electron chi connectivity index (χ1n) is 16.7. The molecular formula is C37H42ClN5O3S. The monoisotopic (exact) mass is 671 g/mol. The first-order chi connectivity index (χ1) is 22.5. The van der Waals surface area contributed by atoms with Crippen LogP contribution in [0.15, 0.2) is 42.5 Å². The number of carbonyl (C=O) groups is 1. The van der Waals surface area contributed by atoms with Gasteiger partial charge in [0, 0.05) is 34.7 Å². The number of carboxylic acid groups (broad SMARTS) is 1. The summed E-state index contributed by atoms with van der Waals surface area (Å²) in [7, 11) is 0. The molecule has 0 radical (unpaired) electrons. The Balaban J connectivity index is 1.34. The summed E-state index contributed by atoms with van der Waals surface area (Å²) in [5.41, 5.74) is 7.13. The number of benzene rings is 2. The average Bonchev–Trinajstić information content (AvgIpc) is 3.60. The maximum absolute atomic E-state index is 12.7. The van der Waals surface area contributed by atoms with Crippen LogP contribution in [0.3, 0.4) is 0 Å². The Hall–Kier alpha value is -3.37. The van der Waals surface area contributed by atoms with Gasteiger partial charge >= 0.3 is 5.97 Å². The largest absolute Gasteiger partial charge is 0.479 e. The molecular weight excluding hydrogens is 630 g/mol. The number of fused-ring (bicyclic) bond motifs is 2. The molecule has 0 unspecified atom stereocenters. The smallest absolute Gasteiger partial charge is 0.337 e. The molecule has 3 aromatic heterocycles. The van der Waals surface area contributed by atoms with Crippen LogP contribution in [0.2, 0.25) is 5.02 Å². The molecule has 4 heterocycles. The van der Waals surface area contributed by atoms with Crippen molar-refractivity contribution < 1.29 is 14.6 Å². The molecule has 7 rings (SSSR count). The summed E-state index contributed by atoms with van der Waals surface area (Å²) < 4.78 is 9.15. The Bertz CT molecular complexity index is 1950. The van der Waals surface area contributed by atoms with Crippen LogP contribution in [0.25, 0.3) is 43.1 Å². The van der Waals surface area contributed by atoms with Gasteiger partial charge in [-0.05, 0) is 115 Å². The van der Waals surface area contributed by atoms with E-state index in [1.807, 2.05) is 64.1 Å². The van der Waals surface area contributed by atoms with Crippen LogP contribution in [0, 0.1) is 6.92 Å². The third kappa shape index (κ3) is 6.19. The first-order valence-corrected chi connectivity index (χ1v) is 17.9. The lowest BCUT2D eigenvalue weighted by molar-refractivity contribution is -0.160. The van der Waals surface area contributed by atoms with Gasteiger partial charge in [-0.15, -0.1) is 11.3 Å². The van der Waals surface area contributed by atoms with Gasteiger partial charge in [-0.1, -0.05) is 30.2 Å². The third-order valence-electron chi connectivity index (χ3n) is 9.67. The van der Waals surface area contributed by atoms with Crippen molar-refractivity contribution in [3.8, 4) is 21.8 Å². The van der Waals surface area contributed by atoms with Crippen molar-refractivity contribution in [1.29, 1.82) is 0 Å². The van der Waals surface area contributed by atoms with E-state index >= 15 is 0 Å². The maximum Gasteiger partial charge on any atom is 0.337 e. The first kappa shape index (κ1) is 32.2. The normalized spacial score (nSPS) is 17.4. The summed E-state index contributed by atoms with van der Waals surface area (Å²) in [4.78, 5) is 25.8. The lowest BCUT2D eigenvalue weighted by Crippen LogP contribution is -2.44. The third-order valence-corrected chi connectivity index (χ3v) is 11.0. The molecule has 1 saturated carbocycles. The van der Waals surface area contributed by atoms with Gasteiger partial charge in [0.15, 0.2) is 6.10 Å². The zero-order valence-electron chi connectivity index (χ0n) is 27.7. The number of aryl methyl sites for hydroxylation is 2. The minimum Gasteiger partial charge on any atom is -0.479 e. The molecule has 1 atom stereocenters. The Kier molecular flexibility index (Phi) is 8.62. The van der Waals surface area contributed by atoms with Gasteiger partial charge in [0.1, 0.15) is 10.5 Å². The predicted molar refractivity (Wildman–Crippen MR) is 189 cm³/mol. The fraction of sp³-hybridized carbons (Fsp3) is 0.459. The Labute approximate surface area is 284 Å². The number of pyridine rings is 1. The van der Waals surface area contributed by atoms with Gasteiger partial charge in [0.2, 0.25) is 0 Å². The van der Waals surface area contributed by atoms with Gasteiger partial charge in [0.05, 0.1) is 32.7 Å². The maximum atomic E-state index is 12.7. The number of thiazole rings is 1. The van der Waals surface area contributed by atoms with E-state index in [1.54, 1.807) is 0 Å². The number of likely N-dealkylation sites (tertiary alicyclic amines) is 1. The highest BCUT2D eigenvalue weighted by atomic mass is 35.5. The van der Waals surface area contributed by atoms with E-state index in [1.165, 1.54) is 30.6 Å². The number of aromatic nitrogens is 4. The van der Waals surface area contributed by atoms with Crippen molar-refractivity contribution >= 4 is 50.2 Å². The molecule has 1 N–H and O–H groups in total. The molecule has 1 aliphatic heterocycles. The summed E-state index contributed by atoms with van der Waals surface area (Å²) in [6.07, 6.45) is 5.09. The zero-order valence-corrected chi connectivity index (χ0v) is 29.3. The second-order valence-corrected chi connectivity index (χ2v) is 15.4. The van der Waals surface area contributed by atoms with E-state index < -0.39 is 17.7 Å². The van der Waals surface area contributed by atoms with Crippen LogP contribution < -0.4 is 0 Å². The molecule has 47 heavy (non-hydrogen) atoms. The predicted octanol–water partition coefficient (Wildman–Crippen LogP) is 9.03. The molecule has 8 nitrogen and oxygen atoms in total. The summed E-state index contributed by atoms with van der Waals surface area (Å²) in [6.45, 7) is 12.7. The number of ether oxygens (including phenoxy) is 1. The fourth-order valence-electron chi connectivity index (χ4n) is 7.15. The van der Waals surface area contributed by atoms with Crippen LogP contribution >= 0.6 is 22.9 Å². The van der Waals surface area contributed by atoms with Crippen LogP contribution in [0.1, 0.15) is 88.6 Å². The topological polar surface area (TPSA) is 93.4 Å². The Morgan fingerprint density at radius 2 is 1.81 bits per heavy atom. The number of hydrogen-bond acceptors (Lipinski definition) is 7. The molecule has 0 bridgehead atoms. The van der Waals surface area contributed by atoms with Crippen LogP contribution in [-0.2, 0) is 16.1 Å². The molecule has 246 valence electrons. The summed E-state index contributed by atoms with van der Waals surface area (Å²) in [5, 5.41) is 16.9. The van der Waals surface area contributed by atoms with Gasteiger partial charge in [0.25, 0.3) is 0 Å². The van der Waals surface area contributed by atoms with E-state index in [9.17, 15) is 9.90 Å². The summed E-state index contributed by atoms with van der Waals surface area (Å²) in [6, 6.07) is 14.4. The minimum atomic E-state index is -1.16. The number of nitrogens with zero attached hydrogens (tertiary/aromatic N) is 5. The number of hydrogen-bond donors (Lipinski definition) is 1. The molecule has 1 aliphatic carbocycles. The van der Waals surface area contributed by atoms with Gasteiger partial charge < -0.3 is 14.7 Å². The van der Waals surface area contributed by atoms with E-state index in [0.29, 0.717) is 16.5 Å². The zero-order chi connectivity index (χ0) is 33.0. The highest BCUT2D eigenvalue weighted by Crippen LogP contribution is 2.45. The number of aliphatic carboxylic acids is 1. The van der Waals surface area contributed by atoms with Crippen molar-refractivity contribution in [1.82, 2.24) is 24.6 Å². The number of piperidine rings is 1. The van der Waals surface area contributed by atoms with E-state index in [-0.39, 0.29) is 0 Å². The molecule has 0 spiro atoms. The lowest BCUT2D eigenvalue weighted by atomic mass is 9.86. The van der Waals surface area contributed by atoms with E-state index in [2.05, 4.69) is 22.6 Å². The molecule has 5 aromatic rings. The fourth-order valence-corrected chi connectivity index (χ4v) is 8.37. The highest BCUT2D eigenvalue weighted by Gasteiger charge is 2.34. The van der Waals surface area contributed by atoms with Crippen molar-refractivity contribution in [2.75, 3.05) is 13.1 Å². The second kappa shape index (κ2) is 12.6. The summed E-state index contributed by atoms with van der Waals surface area (Å²) >= 11 is 7.82. The molecule has 2 aliphatic rings. The van der Waals surface area contributed by atoms with Crippen LogP contribution in [0.5, 0.6) is 0 Å².